The third-order valence-electron chi connectivity index (χ3n) is 7.76. The number of amides is 1. The highest BCUT2D eigenvalue weighted by Gasteiger charge is 2.72. The number of carbonyl (C=O) groups is 2. The summed E-state index contributed by atoms with van der Waals surface area (Å²) in [6.07, 6.45) is 1.43. The molecule has 1 saturated carbocycles. The van der Waals surface area contributed by atoms with E-state index in [1.54, 1.807) is 15.5 Å². The van der Waals surface area contributed by atoms with Gasteiger partial charge in [-0.1, -0.05) is 6.07 Å². The number of carbonyl (C=O) groups excluding carboxylic acids is 1. The van der Waals surface area contributed by atoms with Crippen LogP contribution in [0.2, 0.25) is 0 Å². The molecule has 1 amide bonds. The normalized spacial score (nSPS) is 29.5. The lowest BCUT2D eigenvalue weighted by Gasteiger charge is -2.35. The predicted molar refractivity (Wildman–Crippen MR) is 129 cm³/mol. The largest absolute Gasteiger partial charge is 0.477 e. The number of nitrogens with zero attached hydrogens (tertiary/aromatic N) is 3. The summed E-state index contributed by atoms with van der Waals surface area (Å²) in [6.45, 7) is 11.1. The van der Waals surface area contributed by atoms with Gasteiger partial charge in [-0.3, -0.25) is 0 Å². The highest BCUT2D eigenvalue weighted by atomic mass is 16.6. The SMILES string of the molecule is CC(C)(C)OC(=O)N1CC2C(C1)C2(C#N)n1c(C(=O)O)cc2cc([C@H]3CCOC(C)(C)C3)ccc21. The van der Waals surface area contributed by atoms with Crippen LogP contribution in [0.4, 0.5) is 4.79 Å². The zero-order chi connectivity index (χ0) is 25.3. The monoisotopic (exact) mass is 479 g/mol. The average Bonchev–Trinajstić information content (AvgIpc) is 3.09. The summed E-state index contributed by atoms with van der Waals surface area (Å²) < 4.78 is 13.1. The number of likely N-dealkylation sites (tertiary alicyclic amines) is 1. The van der Waals surface area contributed by atoms with Crippen LogP contribution in [-0.2, 0) is 15.0 Å². The van der Waals surface area contributed by atoms with E-state index in [2.05, 4.69) is 32.0 Å². The van der Waals surface area contributed by atoms with E-state index >= 15 is 0 Å². The fraction of sp³-hybridized carbons (Fsp3) is 0.593. The van der Waals surface area contributed by atoms with Gasteiger partial charge in [-0.2, -0.15) is 5.26 Å². The smallest absolute Gasteiger partial charge is 0.410 e. The zero-order valence-electron chi connectivity index (χ0n) is 21.0. The number of nitriles is 1. The molecule has 3 atom stereocenters. The first-order chi connectivity index (χ1) is 16.4. The maximum Gasteiger partial charge on any atom is 0.410 e. The molecule has 2 unspecified atom stereocenters. The van der Waals surface area contributed by atoms with Gasteiger partial charge in [0.15, 0.2) is 0 Å². The van der Waals surface area contributed by atoms with Crippen LogP contribution in [0.1, 0.15) is 69.4 Å². The molecular weight excluding hydrogens is 446 g/mol. The van der Waals surface area contributed by atoms with Crippen LogP contribution in [0.3, 0.4) is 0 Å². The molecule has 0 spiro atoms. The lowest BCUT2D eigenvalue weighted by atomic mass is 9.83. The number of carboxylic acids is 1. The minimum Gasteiger partial charge on any atom is -0.477 e. The molecule has 0 radical (unpaired) electrons. The first-order valence-corrected chi connectivity index (χ1v) is 12.3. The highest BCUT2D eigenvalue weighted by Crippen LogP contribution is 2.62. The number of hydrogen-bond acceptors (Lipinski definition) is 5. The van der Waals surface area contributed by atoms with Crippen molar-refractivity contribution in [3.05, 3.63) is 35.5 Å². The van der Waals surface area contributed by atoms with Crippen molar-refractivity contribution in [3.63, 3.8) is 0 Å². The Morgan fingerprint density at radius 3 is 2.46 bits per heavy atom. The zero-order valence-corrected chi connectivity index (χ0v) is 21.0. The van der Waals surface area contributed by atoms with Crippen molar-refractivity contribution in [2.24, 2.45) is 11.8 Å². The topological polar surface area (TPSA) is 105 Å². The van der Waals surface area contributed by atoms with Crippen molar-refractivity contribution in [1.82, 2.24) is 9.47 Å². The number of aromatic nitrogens is 1. The van der Waals surface area contributed by atoms with Crippen molar-refractivity contribution in [2.45, 2.75) is 70.1 Å². The molecule has 2 aliphatic heterocycles. The summed E-state index contributed by atoms with van der Waals surface area (Å²) in [7, 11) is 0. The second-order valence-corrected chi connectivity index (χ2v) is 11.8. The van der Waals surface area contributed by atoms with Crippen molar-refractivity contribution in [3.8, 4) is 6.07 Å². The van der Waals surface area contributed by atoms with E-state index in [1.165, 1.54) is 5.56 Å². The van der Waals surface area contributed by atoms with Crippen LogP contribution in [-0.4, -0.2) is 57.5 Å². The van der Waals surface area contributed by atoms with Crippen molar-refractivity contribution < 1.29 is 24.2 Å². The van der Waals surface area contributed by atoms with Gasteiger partial charge in [0.2, 0.25) is 0 Å². The van der Waals surface area contributed by atoms with E-state index in [9.17, 15) is 20.0 Å². The second-order valence-electron chi connectivity index (χ2n) is 11.8. The summed E-state index contributed by atoms with van der Waals surface area (Å²) >= 11 is 0. The molecule has 1 aromatic carbocycles. The van der Waals surface area contributed by atoms with E-state index in [1.807, 2.05) is 26.8 Å². The molecule has 0 bridgehead atoms. The predicted octanol–water partition coefficient (Wildman–Crippen LogP) is 4.73. The standard InChI is InChI=1S/C27H33N3O5/c1-25(2,3)35-24(33)29-13-19-20(14-29)27(19,15-28)30-21-7-6-16(10-18(21)11-22(30)23(31)32)17-8-9-34-26(4,5)12-17/h6-7,10-11,17,19-20H,8-9,12-14H2,1-5H3,(H,31,32)/t17-,19?,20?,27?/m0/s1. The van der Waals surface area contributed by atoms with Gasteiger partial charge in [0.1, 0.15) is 16.8 Å². The fourth-order valence-electron chi connectivity index (χ4n) is 6.19. The maximum atomic E-state index is 12.5. The van der Waals surface area contributed by atoms with Gasteiger partial charge in [-0.25, -0.2) is 9.59 Å². The third kappa shape index (κ3) is 3.86. The van der Waals surface area contributed by atoms with Crippen molar-refractivity contribution >= 4 is 23.0 Å². The second kappa shape index (κ2) is 7.72. The Labute approximate surface area is 205 Å². The number of benzene rings is 1. The van der Waals surface area contributed by atoms with Crippen molar-refractivity contribution in [1.29, 1.82) is 5.26 Å². The number of piperidine rings is 1. The van der Waals surface area contributed by atoms with E-state index in [-0.39, 0.29) is 23.1 Å². The Bertz CT molecular complexity index is 1240. The van der Waals surface area contributed by atoms with Gasteiger partial charge >= 0.3 is 12.1 Å². The van der Waals surface area contributed by atoms with Crippen LogP contribution in [0, 0.1) is 23.2 Å². The number of rotatable bonds is 3. The summed E-state index contributed by atoms with van der Waals surface area (Å²) in [4.78, 5) is 26.4. The van der Waals surface area contributed by atoms with E-state index in [4.69, 9.17) is 9.47 Å². The molecule has 3 aliphatic rings. The van der Waals surface area contributed by atoms with E-state index in [0.29, 0.717) is 25.6 Å². The Balaban J connectivity index is 1.47. The Kier molecular flexibility index (Phi) is 5.23. The van der Waals surface area contributed by atoms with E-state index in [0.717, 1.165) is 23.7 Å². The maximum absolute atomic E-state index is 12.5. The number of aromatic carboxylic acids is 1. The van der Waals surface area contributed by atoms with Gasteiger partial charge in [-0.15, -0.1) is 0 Å². The van der Waals surface area contributed by atoms with Crippen molar-refractivity contribution in [2.75, 3.05) is 19.7 Å². The minimum absolute atomic E-state index is 0.115. The minimum atomic E-state index is -1.06. The van der Waals surface area contributed by atoms with Crippen LogP contribution in [0.25, 0.3) is 10.9 Å². The highest BCUT2D eigenvalue weighted by molar-refractivity contribution is 5.95. The molecule has 5 rings (SSSR count). The van der Waals surface area contributed by atoms with Crippen LogP contribution >= 0.6 is 0 Å². The third-order valence-corrected chi connectivity index (χ3v) is 7.76. The molecule has 3 fully saturated rings. The Morgan fingerprint density at radius 2 is 1.89 bits per heavy atom. The van der Waals surface area contributed by atoms with Gasteiger partial charge < -0.3 is 24.0 Å². The molecule has 2 saturated heterocycles. The van der Waals surface area contributed by atoms with Gasteiger partial charge in [0.25, 0.3) is 0 Å². The molecule has 8 heteroatoms. The summed E-state index contributed by atoms with van der Waals surface area (Å²) in [5.74, 6) is -0.986. The first kappa shape index (κ1) is 23.7. The summed E-state index contributed by atoms with van der Waals surface area (Å²) in [5, 5.41) is 21.2. The molecule has 35 heavy (non-hydrogen) atoms. The van der Waals surface area contributed by atoms with Crippen LogP contribution < -0.4 is 0 Å². The summed E-state index contributed by atoms with van der Waals surface area (Å²) in [5.41, 5.74) is 0.269. The quantitative estimate of drug-likeness (QED) is 0.683. The lowest BCUT2D eigenvalue weighted by molar-refractivity contribution is -0.0592. The molecule has 1 aromatic heterocycles. The molecule has 186 valence electrons. The van der Waals surface area contributed by atoms with E-state index < -0.39 is 23.2 Å². The number of hydrogen-bond donors (Lipinski definition) is 1. The first-order valence-electron chi connectivity index (χ1n) is 12.3. The summed E-state index contributed by atoms with van der Waals surface area (Å²) in [6, 6.07) is 10.2. The Morgan fingerprint density at radius 1 is 1.20 bits per heavy atom. The molecular formula is C27H33N3O5. The van der Waals surface area contributed by atoms with Crippen LogP contribution in [0.15, 0.2) is 24.3 Å². The average molecular weight is 480 g/mol. The molecule has 1 N–H and O–H groups in total. The fourth-order valence-corrected chi connectivity index (χ4v) is 6.19. The molecule has 8 nitrogen and oxygen atoms in total. The Hall–Kier alpha value is -3.05. The lowest BCUT2D eigenvalue weighted by Crippen LogP contribution is -2.40. The number of carboxylic acid groups (broad SMARTS) is 1. The van der Waals surface area contributed by atoms with Gasteiger partial charge in [-0.05, 0) is 77.1 Å². The molecule has 1 aliphatic carbocycles. The molecule has 2 aromatic rings. The van der Waals surface area contributed by atoms with Gasteiger partial charge in [0.05, 0.1) is 17.2 Å². The number of ether oxygens (including phenoxy) is 2. The number of fused-ring (bicyclic) bond motifs is 2. The molecule has 3 heterocycles. The van der Waals surface area contributed by atoms with Crippen LogP contribution in [0.5, 0.6) is 0 Å². The van der Waals surface area contributed by atoms with Gasteiger partial charge in [0, 0.05) is 36.9 Å².